The highest BCUT2D eigenvalue weighted by Crippen LogP contribution is 2.65. The minimum absolute atomic E-state index is 0.469. The van der Waals surface area contributed by atoms with Crippen molar-refractivity contribution in [1.29, 1.82) is 0 Å². The summed E-state index contributed by atoms with van der Waals surface area (Å²) in [5, 5.41) is 2.56. The van der Waals surface area contributed by atoms with Crippen LogP contribution in [0.2, 0.25) is 0 Å². The van der Waals surface area contributed by atoms with Gasteiger partial charge in [0.05, 0.1) is 16.8 Å². The van der Waals surface area contributed by atoms with Crippen LogP contribution in [-0.2, 0) is 5.41 Å². The maximum Gasteiger partial charge on any atom is 0.0726 e. The molecule has 63 heavy (non-hydrogen) atoms. The topological polar surface area (TPSA) is 3.24 Å². The Balaban J connectivity index is 1.17. The van der Waals surface area contributed by atoms with E-state index in [0.717, 1.165) is 17.1 Å². The van der Waals surface area contributed by atoms with E-state index in [9.17, 15) is 0 Å². The summed E-state index contributed by atoms with van der Waals surface area (Å²) in [6.07, 6.45) is 0. The Hall–Kier alpha value is -7.78. The summed E-state index contributed by atoms with van der Waals surface area (Å²) in [5.74, 6) is 0. The molecule has 0 atom stereocenters. The van der Waals surface area contributed by atoms with Crippen LogP contribution in [0.4, 0.5) is 17.1 Å². The van der Waals surface area contributed by atoms with Crippen molar-refractivity contribution >= 4 is 48.6 Å². The van der Waals surface area contributed by atoms with E-state index in [1.54, 1.807) is 0 Å². The van der Waals surface area contributed by atoms with Crippen LogP contribution in [0.25, 0.3) is 75.8 Å². The minimum atomic E-state index is -0.469. The predicted octanol–water partition coefficient (Wildman–Crippen LogP) is 16.9. The van der Waals surface area contributed by atoms with Crippen molar-refractivity contribution in [3.8, 4) is 55.6 Å². The normalized spacial score (nSPS) is 12.9. The standard InChI is InChI=1S/C61H39NS/c1-3-19-40(20-4-1)43-23-7-8-27-48(43)59-44(41-21-5-2-6-22-41)29-17-34-55(59)62(42-37-38-58-50(39-42)47-26-12-16-36-57(47)63-58)56-35-18-33-54-60(56)49-28-11-15-32-53(49)61(54)51-30-13-9-24-45(51)46-25-10-14-31-52(46)61/h1-39H. The minimum Gasteiger partial charge on any atom is -0.309 e. The second kappa shape index (κ2) is 14.1. The fourth-order valence-corrected chi connectivity index (χ4v) is 12.1. The molecule has 0 radical (unpaired) electrons. The third-order valence-corrected chi connectivity index (χ3v) is 14.7. The summed E-state index contributed by atoms with van der Waals surface area (Å²) in [5.41, 5.74) is 20.5. The van der Waals surface area contributed by atoms with Gasteiger partial charge >= 0.3 is 0 Å². The molecule has 1 aromatic heterocycles. The van der Waals surface area contributed by atoms with E-state index in [0.29, 0.717) is 0 Å². The van der Waals surface area contributed by atoms with Crippen LogP contribution in [0.3, 0.4) is 0 Å². The lowest BCUT2D eigenvalue weighted by Crippen LogP contribution is -2.26. The fraction of sp³-hybridized carbons (Fsp3) is 0.0164. The predicted molar refractivity (Wildman–Crippen MR) is 267 cm³/mol. The first kappa shape index (κ1) is 35.9. The van der Waals surface area contributed by atoms with E-state index in [-0.39, 0.29) is 0 Å². The van der Waals surface area contributed by atoms with Gasteiger partial charge in [-0.25, -0.2) is 0 Å². The maximum atomic E-state index is 2.58. The van der Waals surface area contributed by atoms with E-state index < -0.39 is 5.41 Å². The molecule has 2 heteroatoms. The highest BCUT2D eigenvalue weighted by molar-refractivity contribution is 7.25. The molecule has 10 aromatic carbocycles. The van der Waals surface area contributed by atoms with Gasteiger partial charge in [-0.15, -0.1) is 11.3 Å². The number of nitrogens with zero attached hydrogens (tertiary/aromatic N) is 1. The average Bonchev–Trinajstić information content (AvgIpc) is 3.99. The number of benzene rings is 10. The van der Waals surface area contributed by atoms with E-state index in [2.05, 4.69) is 241 Å². The summed E-state index contributed by atoms with van der Waals surface area (Å²) in [4.78, 5) is 2.58. The molecule has 0 aliphatic heterocycles. The van der Waals surface area contributed by atoms with E-state index in [1.807, 2.05) is 11.3 Å². The van der Waals surface area contributed by atoms with Gasteiger partial charge in [0.25, 0.3) is 0 Å². The molecular formula is C61H39NS. The van der Waals surface area contributed by atoms with Gasteiger partial charge in [-0.2, -0.15) is 0 Å². The van der Waals surface area contributed by atoms with Crippen LogP contribution < -0.4 is 4.90 Å². The number of anilines is 3. The Morgan fingerprint density at radius 1 is 0.302 bits per heavy atom. The largest absolute Gasteiger partial charge is 0.309 e. The number of hydrogen-bond acceptors (Lipinski definition) is 2. The molecule has 2 aliphatic rings. The second-order valence-corrected chi connectivity index (χ2v) is 17.8. The Bertz CT molecular complexity index is 3540. The summed E-state index contributed by atoms with van der Waals surface area (Å²) in [6, 6.07) is 88.0. The van der Waals surface area contributed by atoms with Crippen LogP contribution in [0.5, 0.6) is 0 Å². The van der Waals surface area contributed by atoms with E-state index in [4.69, 9.17) is 0 Å². The van der Waals surface area contributed by atoms with Gasteiger partial charge in [0.2, 0.25) is 0 Å². The SMILES string of the molecule is c1ccc(-c2ccccc2-c2c(-c3ccccc3)cccc2N(c2ccc3sc4ccccc4c3c2)c2cccc3c2-c2ccccc2C32c3ccccc3-c3ccccc32)cc1. The van der Waals surface area contributed by atoms with Gasteiger partial charge in [0.1, 0.15) is 0 Å². The molecule has 1 heterocycles. The Morgan fingerprint density at radius 3 is 1.48 bits per heavy atom. The van der Waals surface area contributed by atoms with Crippen molar-refractivity contribution < 1.29 is 0 Å². The van der Waals surface area contributed by atoms with Gasteiger partial charge < -0.3 is 4.90 Å². The Kier molecular flexibility index (Phi) is 8.06. The zero-order chi connectivity index (χ0) is 41.5. The lowest BCUT2D eigenvalue weighted by Gasteiger charge is -2.33. The van der Waals surface area contributed by atoms with Gasteiger partial charge in [0.15, 0.2) is 0 Å². The summed E-state index contributed by atoms with van der Waals surface area (Å²) < 4.78 is 2.59. The van der Waals surface area contributed by atoms with Crippen molar-refractivity contribution in [3.63, 3.8) is 0 Å². The summed E-state index contributed by atoms with van der Waals surface area (Å²) in [6.45, 7) is 0. The number of thiophene rings is 1. The van der Waals surface area contributed by atoms with Crippen molar-refractivity contribution in [2.24, 2.45) is 0 Å². The molecule has 2 aliphatic carbocycles. The van der Waals surface area contributed by atoms with Crippen molar-refractivity contribution in [2.45, 2.75) is 5.41 Å². The third kappa shape index (κ3) is 5.22. The zero-order valence-corrected chi connectivity index (χ0v) is 35.2. The van der Waals surface area contributed by atoms with Crippen molar-refractivity contribution in [3.05, 3.63) is 259 Å². The quantitative estimate of drug-likeness (QED) is 0.162. The highest BCUT2D eigenvalue weighted by Gasteiger charge is 2.52. The second-order valence-electron chi connectivity index (χ2n) is 16.7. The van der Waals surface area contributed by atoms with Crippen LogP contribution in [-0.4, -0.2) is 0 Å². The van der Waals surface area contributed by atoms with Crippen molar-refractivity contribution in [2.75, 3.05) is 4.90 Å². The third-order valence-electron chi connectivity index (χ3n) is 13.5. The molecule has 0 saturated carbocycles. The van der Waals surface area contributed by atoms with Crippen LogP contribution in [0, 0.1) is 0 Å². The Labute approximate surface area is 371 Å². The molecule has 0 fully saturated rings. The van der Waals surface area contributed by atoms with E-state index in [1.165, 1.54) is 98.1 Å². The van der Waals surface area contributed by atoms with Gasteiger partial charge in [-0.1, -0.05) is 200 Å². The molecule has 0 amide bonds. The zero-order valence-electron chi connectivity index (χ0n) is 34.4. The van der Waals surface area contributed by atoms with Crippen LogP contribution >= 0.6 is 11.3 Å². The van der Waals surface area contributed by atoms with Crippen LogP contribution in [0.15, 0.2) is 237 Å². The first-order valence-corrected chi connectivity index (χ1v) is 22.6. The maximum absolute atomic E-state index is 2.58. The first-order valence-electron chi connectivity index (χ1n) is 21.8. The molecular weight excluding hydrogens is 779 g/mol. The molecule has 1 spiro atoms. The smallest absolute Gasteiger partial charge is 0.0726 e. The molecule has 0 unspecified atom stereocenters. The average molecular weight is 818 g/mol. The van der Waals surface area contributed by atoms with Gasteiger partial charge in [-0.3, -0.25) is 0 Å². The molecule has 11 aromatic rings. The van der Waals surface area contributed by atoms with Crippen LogP contribution in [0.1, 0.15) is 22.3 Å². The lowest BCUT2D eigenvalue weighted by atomic mass is 9.70. The molecule has 1 nitrogen and oxygen atoms in total. The van der Waals surface area contributed by atoms with Gasteiger partial charge in [0, 0.05) is 37.0 Å². The lowest BCUT2D eigenvalue weighted by molar-refractivity contribution is 0.794. The van der Waals surface area contributed by atoms with E-state index >= 15 is 0 Å². The molecule has 294 valence electrons. The van der Waals surface area contributed by atoms with Crippen molar-refractivity contribution in [1.82, 2.24) is 0 Å². The number of rotatable bonds is 6. The molecule has 0 saturated heterocycles. The summed E-state index contributed by atoms with van der Waals surface area (Å²) in [7, 11) is 0. The number of fused-ring (bicyclic) bond motifs is 13. The first-order chi connectivity index (χ1) is 31.3. The molecule has 13 rings (SSSR count). The fourth-order valence-electron chi connectivity index (χ4n) is 11.0. The van der Waals surface area contributed by atoms with Gasteiger partial charge in [-0.05, 0) is 103 Å². The molecule has 0 bridgehead atoms. The highest BCUT2D eigenvalue weighted by atomic mass is 32.1. The molecule has 0 N–H and O–H groups in total. The number of hydrogen-bond donors (Lipinski definition) is 0. The summed E-state index contributed by atoms with van der Waals surface area (Å²) >= 11 is 1.86. The Morgan fingerprint density at radius 2 is 0.778 bits per heavy atom. The monoisotopic (exact) mass is 817 g/mol.